The van der Waals surface area contributed by atoms with E-state index in [0.717, 1.165) is 17.7 Å². The molecular weight excluding hydrogens is 346 g/mol. The largest absolute Gasteiger partial charge is 0.478 e. The van der Waals surface area contributed by atoms with Gasteiger partial charge in [-0.3, -0.25) is 4.57 Å². The van der Waals surface area contributed by atoms with Gasteiger partial charge in [-0.1, -0.05) is 0 Å². The van der Waals surface area contributed by atoms with E-state index in [1.54, 1.807) is 10.6 Å². The first-order valence-electron chi connectivity index (χ1n) is 5.94. The smallest absolute Gasteiger partial charge is 0.344 e. The Kier molecular flexibility index (Phi) is 3.43. The van der Waals surface area contributed by atoms with E-state index in [-0.39, 0.29) is 17.3 Å². The summed E-state index contributed by atoms with van der Waals surface area (Å²) in [5.74, 6) is -0.975. The summed E-state index contributed by atoms with van der Waals surface area (Å²) >= 11 is 4.68. The molecule has 0 atom stereocenters. The molecule has 0 radical (unpaired) electrons. The van der Waals surface area contributed by atoms with Gasteiger partial charge in [0.05, 0.1) is 5.56 Å². The predicted octanol–water partition coefficient (Wildman–Crippen LogP) is 2.52. The van der Waals surface area contributed by atoms with Crippen LogP contribution in [0.2, 0.25) is 0 Å². The summed E-state index contributed by atoms with van der Waals surface area (Å²) in [5.41, 5.74) is 0.0103. The molecule has 1 aromatic carbocycles. The molecule has 6 nitrogen and oxygen atoms in total. The Labute approximate surface area is 126 Å². The molecule has 0 saturated heterocycles. The third-order valence-electron chi connectivity index (χ3n) is 2.96. The normalized spacial score (nSPS) is 14.4. The second kappa shape index (κ2) is 5.10. The van der Waals surface area contributed by atoms with E-state index in [4.69, 9.17) is 5.11 Å². The number of hydrogen-bond acceptors (Lipinski definition) is 4. The van der Waals surface area contributed by atoms with Crippen LogP contribution in [0.3, 0.4) is 0 Å². The minimum atomic E-state index is -0.975. The number of nitrogens with zero attached hydrogens (tertiary/aromatic N) is 2. The second-order valence-corrected chi connectivity index (χ2v) is 6.33. The van der Waals surface area contributed by atoms with Crippen LogP contribution in [-0.2, 0) is 0 Å². The number of aromatic amines is 1. The Hall–Kier alpha value is -1.54. The van der Waals surface area contributed by atoms with E-state index in [9.17, 15) is 9.59 Å². The van der Waals surface area contributed by atoms with Crippen LogP contribution in [0.15, 0.2) is 37.5 Å². The number of rotatable bonds is 4. The number of aromatic carboxylic acids is 1. The minimum Gasteiger partial charge on any atom is -0.478 e. The molecule has 3 rings (SSSR count). The predicted molar refractivity (Wildman–Crippen MR) is 76.3 cm³/mol. The van der Waals surface area contributed by atoms with Crippen LogP contribution in [0.5, 0.6) is 0 Å². The van der Waals surface area contributed by atoms with Gasteiger partial charge >= 0.3 is 11.7 Å². The molecule has 20 heavy (non-hydrogen) atoms. The van der Waals surface area contributed by atoms with Crippen molar-refractivity contribution in [2.75, 3.05) is 0 Å². The van der Waals surface area contributed by atoms with Gasteiger partial charge in [-0.2, -0.15) is 0 Å². The molecule has 1 heterocycles. The van der Waals surface area contributed by atoms with Gasteiger partial charge < -0.3 is 5.11 Å². The van der Waals surface area contributed by atoms with Crippen molar-refractivity contribution in [2.24, 2.45) is 0 Å². The Balaban J connectivity index is 1.92. The number of halogens is 1. The van der Waals surface area contributed by atoms with Gasteiger partial charge in [-0.15, -0.1) is 5.10 Å². The van der Waals surface area contributed by atoms with E-state index < -0.39 is 5.97 Å². The maximum atomic E-state index is 11.7. The van der Waals surface area contributed by atoms with E-state index in [2.05, 4.69) is 26.1 Å². The Morgan fingerprint density at radius 1 is 1.50 bits per heavy atom. The first kappa shape index (κ1) is 13.4. The highest BCUT2D eigenvalue weighted by Gasteiger charge is 2.29. The lowest BCUT2D eigenvalue weighted by Gasteiger charge is -2.06. The number of aromatic nitrogens is 3. The van der Waals surface area contributed by atoms with Crippen LogP contribution in [-0.4, -0.2) is 25.8 Å². The van der Waals surface area contributed by atoms with E-state index in [1.165, 1.54) is 23.9 Å². The quantitative estimate of drug-likeness (QED) is 0.879. The van der Waals surface area contributed by atoms with Crippen molar-refractivity contribution in [2.45, 2.75) is 28.9 Å². The zero-order chi connectivity index (χ0) is 14.3. The summed E-state index contributed by atoms with van der Waals surface area (Å²) in [7, 11) is 0. The molecule has 1 fully saturated rings. The van der Waals surface area contributed by atoms with Crippen molar-refractivity contribution >= 4 is 33.7 Å². The number of nitrogens with one attached hydrogen (secondary N) is 1. The van der Waals surface area contributed by atoms with E-state index in [0.29, 0.717) is 9.63 Å². The third kappa shape index (κ3) is 2.53. The summed E-state index contributed by atoms with van der Waals surface area (Å²) in [6.45, 7) is 0. The first-order valence-corrected chi connectivity index (χ1v) is 7.55. The van der Waals surface area contributed by atoms with Crippen molar-refractivity contribution in [3.63, 3.8) is 0 Å². The monoisotopic (exact) mass is 355 g/mol. The highest BCUT2D eigenvalue weighted by molar-refractivity contribution is 9.10. The third-order valence-corrected chi connectivity index (χ3v) is 4.93. The van der Waals surface area contributed by atoms with Crippen LogP contribution in [0.25, 0.3) is 0 Å². The van der Waals surface area contributed by atoms with Crippen molar-refractivity contribution in [3.8, 4) is 0 Å². The van der Waals surface area contributed by atoms with Crippen LogP contribution in [0.1, 0.15) is 29.2 Å². The molecule has 104 valence electrons. The fraction of sp³-hybridized carbons (Fsp3) is 0.250. The van der Waals surface area contributed by atoms with Crippen molar-refractivity contribution in [3.05, 3.63) is 38.7 Å². The van der Waals surface area contributed by atoms with Gasteiger partial charge in [0.2, 0.25) is 0 Å². The zero-order valence-electron chi connectivity index (χ0n) is 10.2. The standard InChI is InChI=1S/C12H10BrN3O3S/c13-8-5-6(10(17)18)1-4-9(8)20-12-15-14-11(19)16(12)7-2-3-7/h1,4-5,7H,2-3H2,(H,14,19)(H,17,18). The van der Waals surface area contributed by atoms with Gasteiger partial charge in [0.15, 0.2) is 5.16 Å². The molecule has 0 bridgehead atoms. The van der Waals surface area contributed by atoms with Gasteiger partial charge in [-0.05, 0) is 58.7 Å². The number of H-pyrrole nitrogens is 1. The molecule has 1 saturated carbocycles. The van der Waals surface area contributed by atoms with Gasteiger partial charge in [0, 0.05) is 15.4 Å². The van der Waals surface area contributed by atoms with E-state index >= 15 is 0 Å². The van der Waals surface area contributed by atoms with Crippen molar-refractivity contribution in [1.29, 1.82) is 0 Å². The summed E-state index contributed by atoms with van der Waals surface area (Å²) in [6, 6.07) is 5.01. The summed E-state index contributed by atoms with van der Waals surface area (Å²) < 4.78 is 2.32. The lowest BCUT2D eigenvalue weighted by Crippen LogP contribution is -2.16. The molecular formula is C12H10BrN3O3S. The molecule has 1 aliphatic rings. The zero-order valence-corrected chi connectivity index (χ0v) is 12.6. The molecule has 1 aliphatic carbocycles. The lowest BCUT2D eigenvalue weighted by atomic mass is 10.2. The van der Waals surface area contributed by atoms with E-state index in [1.807, 2.05) is 0 Å². The minimum absolute atomic E-state index is 0.201. The molecule has 2 aromatic rings. The summed E-state index contributed by atoms with van der Waals surface area (Å²) in [6.07, 6.45) is 1.98. The maximum absolute atomic E-state index is 11.7. The molecule has 0 amide bonds. The molecule has 0 aliphatic heterocycles. The average molecular weight is 356 g/mol. The fourth-order valence-corrected chi connectivity index (χ4v) is 3.36. The van der Waals surface area contributed by atoms with Gasteiger partial charge in [0.1, 0.15) is 0 Å². The van der Waals surface area contributed by atoms with Crippen LogP contribution in [0, 0.1) is 0 Å². The van der Waals surface area contributed by atoms with Crippen LogP contribution in [0.4, 0.5) is 0 Å². The fourth-order valence-electron chi connectivity index (χ4n) is 1.83. The number of carbonyl (C=O) groups is 1. The topological polar surface area (TPSA) is 88.0 Å². The number of benzene rings is 1. The second-order valence-electron chi connectivity index (χ2n) is 4.46. The highest BCUT2D eigenvalue weighted by Crippen LogP contribution is 2.39. The highest BCUT2D eigenvalue weighted by atomic mass is 79.9. The Morgan fingerprint density at radius 3 is 2.85 bits per heavy atom. The number of carboxylic acids is 1. The maximum Gasteiger partial charge on any atom is 0.344 e. The molecule has 8 heteroatoms. The molecule has 0 unspecified atom stereocenters. The van der Waals surface area contributed by atoms with Crippen LogP contribution < -0.4 is 5.69 Å². The SMILES string of the molecule is O=C(O)c1ccc(Sc2n[nH]c(=O)n2C2CC2)c(Br)c1. The van der Waals surface area contributed by atoms with Crippen LogP contribution >= 0.6 is 27.7 Å². The van der Waals surface area contributed by atoms with Crippen molar-refractivity contribution in [1.82, 2.24) is 14.8 Å². The number of carboxylic acid groups (broad SMARTS) is 1. The molecule has 2 N–H and O–H groups in total. The Morgan fingerprint density at radius 2 is 2.25 bits per heavy atom. The lowest BCUT2D eigenvalue weighted by molar-refractivity contribution is 0.0696. The average Bonchev–Trinajstić information content (AvgIpc) is 3.17. The summed E-state index contributed by atoms with van der Waals surface area (Å²) in [5, 5.41) is 16.0. The first-order chi connectivity index (χ1) is 9.56. The van der Waals surface area contributed by atoms with Gasteiger partial charge in [0.25, 0.3) is 0 Å². The molecule has 1 aromatic heterocycles. The summed E-state index contributed by atoms with van der Waals surface area (Å²) in [4.78, 5) is 23.4. The van der Waals surface area contributed by atoms with Gasteiger partial charge in [-0.25, -0.2) is 14.7 Å². The molecule has 0 spiro atoms. The number of hydrogen-bond donors (Lipinski definition) is 2. The van der Waals surface area contributed by atoms with Crippen molar-refractivity contribution < 1.29 is 9.90 Å². The Bertz CT molecular complexity index is 736.